The van der Waals surface area contributed by atoms with Gasteiger partial charge in [-0.05, 0) is 61.2 Å². The fourth-order valence-electron chi connectivity index (χ4n) is 2.56. The van der Waals surface area contributed by atoms with Crippen molar-refractivity contribution in [2.75, 3.05) is 7.11 Å². The molecule has 0 fully saturated rings. The fraction of sp³-hybridized carbons (Fsp3) is 0.273. The van der Waals surface area contributed by atoms with E-state index >= 15 is 0 Å². The van der Waals surface area contributed by atoms with Crippen LogP contribution in [0, 0.1) is 13.8 Å². The van der Waals surface area contributed by atoms with Gasteiger partial charge in [-0.15, -0.1) is 0 Å². The van der Waals surface area contributed by atoms with Gasteiger partial charge in [-0.2, -0.15) is 4.98 Å². The molecule has 4 nitrogen and oxygen atoms in total. The molecule has 0 bridgehead atoms. The van der Waals surface area contributed by atoms with Crippen molar-refractivity contribution in [1.29, 1.82) is 0 Å². The lowest BCUT2D eigenvalue weighted by Gasteiger charge is -2.10. The second-order valence-electron chi connectivity index (χ2n) is 6.32. The molecule has 0 aliphatic carbocycles. The van der Waals surface area contributed by atoms with E-state index in [0.717, 1.165) is 34.5 Å². The summed E-state index contributed by atoms with van der Waals surface area (Å²) in [6.07, 6.45) is 0.832. The summed E-state index contributed by atoms with van der Waals surface area (Å²) in [7, 11) is 1.68. The minimum atomic E-state index is 0.582. The molecule has 0 saturated carbocycles. The minimum Gasteiger partial charge on any atom is -0.497 e. The molecule has 140 valence electrons. The predicted octanol–water partition coefficient (Wildman–Crippen LogP) is 5.75. The van der Waals surface area contributed by atoms with Crippen LogP contribution in [0.2, 0.25) is 0 Å². The number of aryl methyl sites for hydroxylation is 3. The highest BCUT2D eigenvalue weighted by atomic mass is 32.2. The molecule has 1 aromatic heterocycles. The van der Waals surface area contributed by atoms with Gasteiger partial charge in [0.2, 0.25) is 5.88 Å². The molecule has 0 spiro atoms. The third-order valence-corrected chi connectivity index (χ3v) is 5.22. The number of hydrogen-bond acceptors (Lipinski definition) is 5. The highest BCUT2D eigenvalue weighted by molar-refractivity contribution is 7.98. The van der Waals surface area contributed by atoms with Crippen molar-refractivity contribution in [3.8, 4) is 17.4 Å². The summed E-state index contributed by atoms with van der Waals surface area (Å²) in [4.78, 5) is 9.21. The molecule has 0 unspecified atom stereocenters. The molecule has 3 rings (SSSR count). The van der Waals surface area contributed by atoms with E-state index in [1.165, 1.54) is 16.7 Å². The zero-order valence-corrected chi connectivity index (χ0v) is 17.0. The normalized spacial score (nSPS) is 10.7. The van der Waals surface area contributed by atoms with Crippen LogP contribution in [0.1, 0.15) is 29.3 Å². The Morgan fingerprint density at radius 1 is 0.926 bits per heavy atom. The third kappa shape index (κ3) is 5.23. The van der Waals surface area contributed by atoms with Gasteiger partial charge in [0.05, 0.1) is 7.11 Å². The number of aromatic nitrogens is 2. The molecule has 0 aliphatic heterocycles. The molecular formula is C22H24N2O2S. The lowest BCUT2D eigenvalue weighted by molar-refractivity contribution is 0.414. The van der Waals surface area contributed by atoms with Crippen molar-refractivity contribution in [2.45, 2.75) is 38.1 Å². The molecule has 5 heteroatoms. The first-order valence-corrected chi connectivity index (χ1v) is 9.94. The van der Waals surface area contributed by atoms with Gasteiger partial charge in [0.25, 0.3) is 0 Å². The lowest BCUT2D eigenvalue weighted by atomic mass is 10.1. The van der Waals surface area contributed by atoms with Crippen LogP contribution in [0.4, 0.5) is 0 Å². The monoisotopic (exact) mass is 380 g/mol. The number of nitrogens with zero attached hydrogens (tertiary/aromatic N) is 2. The van der Waals surface area contributed by atoms with Crippen molar-refractivity contribution in [1.82, 2.24) is 9.97 Å². The molecule has 1 heterocycles. The number of ether oxygens (including phenoxy) is 2. The minimum absolute atomic E-state index is 0.582. The fourth-order valence-corrected chi connectivity index (χ4v) is 3.37. The highest BCUT2D eigenvalue weighted by Gasteiger charge is 2.08. The predicted molar refractivity (Wildman–Crippen MR) is 110 cm³/mol. The van der Waals surface area contributed by atoms with Crippen LogP contribution in [-0.4, -0.2) is 17.1 Å². The second-order valence-corrected chi connectivity index (χ2v) is 7.26. The first kappa shape index (κ1) is 19.2. The number of thioether (sulfide) groups is 1. The summed E-state index contributed by atoms with van der Waals surface area (Å²) in [5.74, 6) is 3.00. The molecule has 0 radical (unpaired) electrons. The Bertz CT molecular complexity index is 928. The van der Waals surface area contributed by atoms with E-state index in [2.05, 4.69) is 42.9 Å². The Kier molecular flexibility index (Phi) is 6.35. The van der Waals surface area contributed by atoms with E-state index < -0.39 is 0 Å². The number of benzene rings is 2. The Labute approximate surface area is 165 Å². The first-order valence-electron chi connectivity index (χ1n) is 8.96. The van der Waals surface area contributed by atoms with Gasteiger partial charge in [0.1, 0.15) is 11.5 Å². The van der Waals surface area contributed by atoms with E-state index in [0.29, 0.717) is 5.88 Å². The van der Waals surface area contributed by atoms with E-state index in [4.69, 9.17) is 9.47 Å². The second kappa shape index (κ2) is 8.91. The van der Waals surface area contributed by atoms with Crippen molar-refractivity contribution in [3.05, 3.63) is 70.9 Å². The quantitative estimate of drug-likeness (QED) is 0.386. The molecular weight excluding hydrogens is 356 g/mol. The van der Waals surface area contributed by atoms with Crippen molar-refractivity contribution in [3.63, 3.8) is 0 Å². The van der Waals surface area contributed by atoms with E-state index in [1.807, 2.05) is 36.4 Å². The topological polar surface area (TPSA) is 44.2 Å². The van der Waals surface area contributed by atoms with Crippen molar-refractivity contribution < 1.29 is 9.47 Å². The Hall–Kier alpha value is -2.53. The molecule has 0 saturated heterocycles. The first-order chi connectivity index (χ1) is 13.1. The molecule has 0 atom stereocenters. The summed E-state index contributed by atoms with van der Waals surface area (Å²) >= 11 is 1.59. The molecule has 27 heavy (non-hydrogen) atoms. The molecule has 0 amide bonds. The Balaban J connectivity index is 1.77. The maximum absolute atomic E-state index is 6.00. The highest BCUT2D eigenvalue weighted by Crippen LogP contribution is 2.27. The van der Waals surface area contributed by atoms with Crippen LogP contribution in [0.3, 0.4) is 0 Å². The van der Waals surface area contributed by atoms with Crippen LogP contribution in [-0.2, 0) is 12.2 Å². The standard InChI is InChI=1S/C22H24N2O2S/c1-5-18-13-21(26-20-10-9-15(2)16(3)11-20)24-22(23-18)27-14-17-7-6-8-19(12-17)25-4/h6-13H,5,14H2,1-4H3. The molecule has 3 aromatic rings. The summed E-state index contributed by atoms with van der Waals surface area (Å²) < 4.78 is 11.3. The van der Waals surface area contributed by atoms with Crippen LogP contribution in [0.15, 0.2) is 53.7 Å². The third-order valence-electron chi connectivity index (χ3n) is 4.30. The van der Waals surface area contributed by atoms with Crippen LogP contribution >= 0.6 is 11.8 Å². The maximum atomic E-state index is 6.00. The van der Waals surface area contributed by atoms with Gasteiger partial charge >= 0.3 is 0 Å². The van der Waals surface area contributed by atoms with Crippen LogP contribution in [0.25, 0.3) is 0 Å². The van der Waals surface area contributed by atoms with E-state index in [-0.39, 0.29) is 0 Å². The smallest absolute Gasteiger partial charge is 0.223 e. The largest absolute Gasteiger partial charge is 0.497 e. The molecule has 0 aliphatic rings. The van der Waals surface area contributed by atoms with Crippen molar-refractivity contribution >= 4 is 11.8 Å². The van der Waals surface area contributed by atoms with E-state index in [9.17, 15) is 0 Å². The number of rotatable bonds is 7. The number of methoxy groups -OCH3 is 1. The van der Waals surface area contributed by atoms with Gasteiger partial charge in [-0.25, -0.2) is 4.98 Å². The average Bonchev–Trinajstić information content (AvgIpc) is 2.69. The Morgan fingerprint density at radius 2 is 1.78 bits per heavy atom. The maximum Gasteiger partial charge on any atom is 0.223 e. The van der Waals surface area contributed by atoms with E-state index in [1.54, 1.807) is 18.9 Å². The van der Waals surface area contributed by atoms with Gasteiger partial charge in [-0.3, -0.25) is 0 Å². The Morgan fingerprint density at radius 3 is 2.52 bits per heavy atom. The summed E-state index contributed by atoms with van der Waals surface area (Å²) in [6, 6.07) is 16.0. The van der Waals surface area contributed by atoms with Gasteiger partial charge in [0, 0.05) is 17.5 Å². The van der Waals surface area contributed by atoms with Gasteiger partial charge in [0.15, 0.2) is 5.16 Å². The zero-order chi connectivity index (χ0) is 19.2. The van der Waals surface area contributed by atoms with Crippen molar-refractivity contribution in [2.24, 2.45) is 0 Å². The van der Waals surface area contributed by atoms with Crippen LogP contribution in [0.5, 0.6) is 17.4 Å². The summed E-state index contributed by atoms with van der Waals surface area (Å²) in [5, 5.41) is 0.719. The van der Waals surface area contributed by atoms with Gasteiger partial charge < -0.3 is 9.47 Å². The summed E-state index contributed by atoms with van der Waals surface area (Å²) in [6.45, 7) is 6.25. The number of hydrogen-bond donors (Lipinski definition) is 0. The zero-order valence-electron chi connectivity index (χ0n) is 16.2. The van der Waals surface area contributed by atoms with Crippen LogP contribution < -0.4 is 9.47 Å². The molecule has 0 N–H and O–H groups in total. The summed E-state index contributed by atoms with van der Waals surface area (Å²) in [5.41, 5.74) is 4.58. The average molecular weight is 381 g/mol. The molecule has 2 aromatic carbocycles. The van der Waals surface area contributed by atoms with Gasteiger partial charge in [-0.1, -0.05) is 36.9 Å². The SMILES string of the molecule is CCc1cc(Oc2ccc(C)c(C)c2)nc(SCc2cccc(OC)c2)n1. The lowest BCUT2D eigenvalue weighted by Crippen LogP contribution is -1.98.